The van der Waals surface area contributed by atoms with Gasteiger partial charge in [0.25, 0.3) is 0 Å². The number of hydrogen-bond acceptors (Lipinski definition) is 2. The summed E-state index contributed by atoms with van der Waals surface area (Å²) >= 11 is 0. The maximum Gasteiger partial charge on any atom is 0.239 e. The molecule has 1 aromatic heterocycles. The molecule has 3 N–H and O–H groups in total. The van der Waals surface area contributed by atoms with Crippen molar-refractivity contribution in [3.05, 3.63) is 71.4 Å². The molecule has 128 valence electrons. The summed E-state index contributed by atoms with van der Waals surface area (Å²) in [4.78, 5) is 27.1. The normalized spacial score (nSPS) is 10.6. The average Bonchev–Trinajstić information content (AvgIpc) is 3.02. The van der Waals surface area contributed by atoms with Gasteiger partial charge >= 0.3 is 0 Å². The third-order valence-electron chi connectivity index (χ3n) is 4.08. The topological polar surface area (TPSA) is 74.0 Å². The van der Waals surface area contributed by atoms with Gasteiger partial charge in [-0.05, 0) is 24.1 Å². The Labute approximate surface area is 146 Å². The number of H-pyrrole nitrogens is 1. The Bertz CT molecular complexity index is 881. The maximum atomic E-state index is 12.1. The number of benzene rings is 2. The van der Waals surface area contributed by atoms with Gasteiger partial charge < -0.3 is 15.6 Å². The summed E-state index contributed by atoms with van der Waals surface area (Å²) in [6.45, 7) is 2.45. The third kappa shape index (κ3) is 4.47. The first-order chi connectivity index (χ1) is 12.1. The van der Waals surface area contributed by atoms with E-state index in [1.807, 2.05) is 61.7 Å². The van der Waals surface area contributed by atoms with Crippen molar-refractivity contribution < 1.29 is 9.59 Å². The van der Waals surface area contributed by atoms with Crippen molar-refractivity contribution in [2.24, 2.45) is 0 Å². The Morgan fingerprint density at radius 1 is 0.960 bits per heavy atom. The van der Waals surface area contributed by atoms with E-state index in [1.165, 1.54) is 5.56 Å². The van der Waals surface area contributed by atoms with E-state index in [-0.39, 0.29) is 24.8 Å². The number of carbonyl (C=O) groups excluding carboxylic acids is 2. The number of aromatic amines is 1. The highest BCUT2D eigenvalue weighted by atomic mass is 16.2. The second-order valence-electron chi connectivity index (χ2n) is 6.08. The van der Waals surface area contributed by atoms with Gasteiger partial charge in [-0.1, -0.05) is 48.0 Å². The molecule has 0 fully saturated rings. The fraction of sp³-hybridized carbons (Fsp3) is 0.200. The molecule has 1 heterocycles. The summed E-state index contributed by atoms with van der Waals surface area (Å²) in [7, 11) is 0. The SMILES string of the molecule is Cc1ccc(CNC(=O)CNC(=O)Cc2c[nH]c3ccccc23)cc1. The molecule has 0 aliphatic carbocycles. The molecule has 0 radical (unpaired) electrons. The van der Waals surface area contributed by atoms with Gasteiger partial charge in [0, 0.05) is 23.6 Å². The number of amides is 2. The second-order valence-corrected chi connectivity index (χ2v) is 6.08. The first-order valence-corrected chi connectivity index (χ1v) is 8.26. The van der Waals surface area contributed by atoms with Crippen LogP contribution in [0.25, 0.3) is 10.9 Å². The molecule has 0 spiro atoms. The Kier molecular flexibility index (Phi) is 5.14. The van der Waals surface area contributed by atoms with E-state index >= 15 is 0 Å². The largest absolute Gasteiger partial charge is 0.361 e. The van der Waals surface area contributed by atoms with Crippen molar-refractivity contribution in [1.82, 2.24) is 15.6 Å². The molecular formula is C20H21N3O2. The van der Waals surface area contributed by atoms with Crippen LogP contribution in [0.15, 0.2) is 54.7 Å². The van der Waals surface area contributed by atoms with E-state index in [0.29, 0.717) is 6.54 Å². The zero-order chi connectivity index (χ0) is 17.6. The molecule has 0 saturated carbocycles. The zero-order valence-corrected chi connectivity index (χ0v) is 14.1. The van der Waals surface area contributed by atoms with Gasteiger partial charge in [0.05, 0.1) is 13.0 Å². The van der Waals surface area contributed by atoms with Crippen molar-refractivity contribution in [2.75, 3.05) is 6.54 Å². The van der Waals surface area contributed by atoms with Crippen LogP contribution in [-0.4, -0.2) is 23.3 Å². The molecule has 0 aliphatic heterocycles. The van der Waals surface area contributed by atoms with Gasteiger partial charge in [0.15, 0.2) is 0 Å². The van der Waals surface area contributed by atoms with Crippen molar-refractivity contribution >= 4 is 22.7 Å². The van der Waals surface area contributed by atoms with E-state index in [0.717, 1.165) is 22.0 Å². The Hall–Kier alpha value is -3.08. The Morgan fingerprint density at radius 2 is 1.72 bits per heavy atom. The summed E-state index contributed by atoms with van der Waals surface area (Å²) in [6, 6.07) is 15.8. The first-order valence-electron chi connectivity index (χ1n) is 8.26. The highest BCUT2D eigenvalue weighted by Crippen LogP contribution is 2.17. The molecule has 0 bridgehead atoms. The summed E-state index contributed by atoms with van der Waals surface area (Å²) in [5, 5.41) is 6.50. The average molecular weight is 335 g/mol. The van der Waals surface area contributed by atoms with E-state index in [4.69, 9.17) is 0 Å². The molecule has 0 aliphatic rings. The fourth-order valence-corrected chi connectivity index (χ4v) is 2.66. The first kappa shape index (κ1) is 16.8. The number of rotatable bonds is 6. The van der Waals surface area contributed by atoms with Gasteiger partial charge in [0.1, 0.15) is 0 Å². The quantitative estimate of drug-likeness (QED) is 0.647. The molecule has 3 aromatic rings. The molecule has 25 heavy (non-hydrogen) atoms. The summed E-state index contributed by atoms with van der Waals surface area (Å²) in [5.74, 6) is -0.372. The highest BCUT2D eigenvalue weighted by molar-refractivity contribution is 5.90. The fourth-order valence-electron chi connectivity index (χ4n) is 2.66. The predicted octanol–water partition coefficient (Wildman–Crippen LogP) is 2.45. The van der Waals surface area contributed by atoms with Gasteiger partial charge in [-0.25, -0.2) is 0 Å². The molecular weight excluding hydrogens is 314 g/mol. The number of hydrogen-bond donors (Lipinski definition) is 3. The molecule has 0 unspecified atom stereocenters. The van der Waals surface area contributed by atoms with Crippen LogP contribution < -0.4 is 10.6 Å². The lowest BCUT2D eigenvalue weighted by Gasteiger charge is -2.07. The van der Waals surface area contributed by atoms with Gasteiger partial charge in [0.2, 0.25) is 11.8 Å². The van der Waals surface area contributed by atoms with Gasteiger partial charge in [-0.15, -0.1) is 0 Å². The second kappa shape index (κ2) is 7.66. The van der Waals surface area contributed by atoms with Crippen molar-refractivity contribution in [3.8, 4) is 0 Å². The summed E-state index contributed by atoms with van der Waals surface area (Å²) in [5.41, 5.74) is 4.14. The molecule has 5 heteroatoms. The number of aryl methyl sites for hydroxylation is 1. The predicted molar refractivity (Wildman–Crippen MR) is 98.0 cm³/mol. The van der Waals surface area contributed by atoms with Crippen molar-refractivity contribution in [3.63, 3.8) is 0 Å². The zero-order valence-electron chi connectivity index (χ0n) is 14.1. The van der Waals surface area contributed by atoms with Crippen LogP contribution in [0.5, 0.6) is 0 Å². The van der Waals surface area contributed by atoms with Crippen LogP contribution in [0, 0.1) is 6.92 Å². The Balaban J connectivity index is 1.45. The smallest absolute Gasteiger partial charge is 0.239 e. The van der Waals surface area contributed by atoms with Crippen LogP contribution in [0.2, 0.25) is 0 Å². The van der Waals surface area contributed by atoms with Gasteiger partial charge in [-0.3, -0.25) is 9.59 Å². The van der Waals surface area contributed by atoms with Gasteiger partial charge in [-0.2, -0.15) is 0 Å². The van der Waals surface area contributed by atoms with E-state index in [1.54, 1.807) is 0 Å². The molecule has 3 rings (SSSR count). The molecule has 0 saturated heterocycles. The van der Waals surface area contributed by atoms with Crippen LogP contribution in [0.3, 0.4) is 0 Å². The number of para-hydroxylation sites is 1. The van der Waals surface area contributed by atoms with Crippen molar-refractivity contribution in [1.29, 1.82) is 0 Å². The molecule has 0 atom stereocenters. The molecule has 2 amide bonds. The molecule has 5 nitrogen and oxygen atoms in total. The minimum atomic E-state index is -0.201. The number of carbonyl (C=O) groups is 2. The lowest BCUT2D eigenvalue weighted by molar-refractivity contribution is -0.125. The lowest BCUT2D eigenvalue weighted by Crippen LogP contribution is -2.37. The van der Waals surface area contributed by atoms with Crippen molar-refractivity contribution in [2.45, 2.75) is 19.9 Å². The monoisotopic (exact) mass is 335 g/mol. The van der Waals surface area contributed by atoms with E-state index in [9.17, 15) is 9.59 Å². The minimum Gasteiger partial charge on any atom is -0.361 e. The van der Waals surface area contributed by atoms with E-state index in [2.05, 4.69) is 15.6 Å². The number of fused-ring (bicyclic) bond motifs is 1. The maximum absolute atomic E-state index is 12.1. The lowest BCUT2D eigenvalue weighted by atomic mass is 10.1. The van der Waals surface area contributed by atoms with Crippen LogP contribution in [-0.2, 0) is 22.6 Å². The highest BCUT2D eigenvalue weighted by Gasteiger charge is 2.10. The van der Waals surface area contributed by atoms with Crippen LogP contribution >= 0.6 is 0 Å². The third-order valence-corrected chi connectivity index (χ3v) is 4.08. The minimum absolute atomic E-state index is 0.0208. The standard InChI is InChI=1S/C20H21N3O2/c1-14-6-8-15(9-7-14)11-22-20(25)13-23-19(24)10-16-12-21-18-5-3-2-4-17(16)18/h2-9,12,21H,10-11,13H2,1H3,(H,22,25)(H,23,24). The summed E-state index contributed by atoms with van der Waals surface area (Å²) in [6.07, 6.45) is 2.08. The number of nitrogens with one attached hydrogen (secondary N) is 3. The summed E-state index contributed by atoms with van der Waals surface area (Å²) < 4.78 is 0. The molecule has 2 aromatic carbocycles. The Morgan fingerprint density at radius 3 is 2.52 bits per heavy atom. The number of aromatic nitrogens is 1. The van der Waals surface area contributed by atoms with E-state index < -0.39 is 0 Å². The van der Waals surface area contributed by atoms with Crippen LogP contribution in [0.1, 0.15) is 16.7 Å². The van der Waals surface area contributed by atoms with Crippen LogP contribution in [0.4, 0.5) is 0 Å².